The van der Waals surface area contributed by atoms with E-state index in [2.05, 4.69) is 0 Å². The number of ether oxygens (including phenoxy) is 1. The van der Waals surface area contributed by atoms with Gasteiger partial charge in [-0.05, 0) is 52.9 Å². The lowest BCUT2D eigenvalue weighted by atomic mass is 10.1. The van der Waals surface area contributed by atoms with Gasteiger partial charge < -0.3 is 20.3 Å². The van der Waals surface area contributed by atoms with Crippen LogP contribution in [0.2, 0.25) is 0 Å². The highest BCUT2D eigenvalue weighted by atomic mass is 16.6. The van der Waals surface area contributed by atoms with Crippen molar-refractivity contribution in [3.8, 4) is 0 Å². The Morgan fingerprint density at radius 3 is 2.45 bits per heavy atom. The number of carbonyl (C=O) groups excluding carboxylic acids is 2. The van der Waals surface area contributed by atoms with E-state index in [4.69, 9.17) is 10.5 Å². The molecule has 1 heterocycles. The fourth-order valence-electron chi connectivity index (χ4n) is 2.82. The second-order valence-corrected chi connectivity index (χ2v) is 7.59. The molecule has 2 fully saturated rings. The van der Waals surface area contributed by atoms with Gasteiger partial charge >= 0.3 is 6.09 Å². The molecule has 0 aromatic carbocycles. The minimum absolute atomic E-state index is 0.0261. The second-order valence-electron chi connectivity index (χ2n) is 7.59. The Labute approximate surface area is 132 Å². The number of hydrogen-bond donors (Lipinski definition) is 1. The van der Waals surface area contributed by atoms with E-state index in [1.807, 2.05) is 25.7 Å². The lowest BCUT2D eigenvalue weighted by Crippen LogP contribution is -2.46. The lowest BCUT2D eigenvalue weighted by molar-refractivity contribution is -0.133. The van der Waals surface area contributed by atoms with Crippen LogP contribution < -0.4 is 5.73 Å². The molecule has 6 heteroatoms. The summed E-state index contributed by atoms with van der Waals surface area (Å²) in [5, 5.41) is 0. The van der Waals surface area contributed by atoms with Crippen LogP contribution in [0.5, 0.6) is 0 Å². The Bertz CT molecular complexity index is 427. The Morgan fingerprint density at radius 1 is 1.32 bits per heavy atom. The molecule has 2 aliphatic rings. The standard InChI is InChI=1S/C16H29N3O3/c1-11(17)14(20)19(13-5-6-13)10-12-7-8-18(9-12)15(21)22-16(2,3)4/h11-13H,5-10,17H2,1-4H3. The summed E-state index contributed by atoms with van der Waals surface area (Å²) in [6, 6.07) is -0.0990. The van der Waals surface area contributed by atoms with Crippen molar-refractivity contribution < 1.29 is 14.3 Å². The minimum atomic E-state index is -0.472. The van der Waals surface area contributed by atoms with Crippen LogP contribution in [0.4, 0.5) is 4.79 Å². The molecule has 22 heavy (non-hydrogen) atoms. The maximum Gasteiger partial charge on any atom is 0.410 e. The Hall–Kier alpha value is -1.30. The molecule has 2 amide bonds. The molecular weight excluding hydrogens is 282 g/mol. The maximum atomic E-state index is 12.2. The van der Waals surface area contributed by atoms with Crippen LogP contribution in [0.3, 0.4) is 0 Å². The van der Waals surface area contributed by atoms with Gasteiger partial charge in [0.25, 0.3) is 0 Å². The first kappa shape index (κ1) is 17.1. The smallest absolute Gasteiger partial charge is 0.410 e. The Morgan fingerprint density at radius 2 is 1.95 bits per heavy atom. The predicted molar refractivity (Wildman–Crippen MR) is 84.3 cm³/mol. The van der Waals surface area contributed by atoms with Gasteiger partial charge in [0, 0.05) is 25.7 Å². The minimum Gasteiger partial charge on any atom is -0.444 e. The van der Waals surface area contributed by atoms with Crippen molar-refractivity contribution in [3.63, 3.8) is 0 Å². The van der Waals surface area contributed by atoms with Crippen LogP contribution in [-0.4, -0.2) is 59.1 Å². The van der Waals surface area contributed by atoms with Gasteiger partial charge in [-0.15, -0.1) is 0 Å². The molecule has 6 nitrogen and oxygen atoms in total. The summed E-state index contributed by atoms with van der Waals surface area (Å²) in [6.07, 6.45) is 2.79. The number of hydrogen-bond acceptors (Lipinski definition) is 4. The summed E-state index contributed by atoms with van der Waals surface area (Å²) in [4.78, 5) is 28.0. The third kappa shape index (κ3) is 4.60. The number of nitrogens with two attached hydrogens (primary N) is 1. The van der Waals surface area contributed by atoms with E-state index in [0.29, 0.717) is 31.6 Å². The van der Waals surface area contributed by atoms with Gasteiger partial charge in [-0.3, -0.25) is 4.79 Å². The van der Waals surface area contributed by atoms with Gasteiger partial charge in [-0.25, -0.2) is 4.79 Å². The molecule has 1 aliphatic carbocycles. The predicted octanol–water partition coefficient (Wildman–Crippen LogP) is 1.58. The molecular formula is C16H29N3O3. The van der Waals surface area contributed by atoms with E-state index in [-0.39, 0.29) is 12.0 Å². The fraction of sp³-hybridized carbons (Fsp3) is 0.875. The van der Waals surface area contributed by atoms with Crippen LogP contribution in [0, 0.1) is 5.92 Å². The summed E-state index contributed by atoms with van der Waals surface area (Å²) in [5.41, 5.74) is 5.27. The summed E-state index contributed by atoms with van der Waals surface area (Å²) < 4.78 is 5.41. The third-order valence-corrected chi connectivity index (χ3v) is 4.05. The number of carbonyl (C=O) groups is 2. The van der Waals surface area contributed by atoms with Crippen molar-refractivity contribution >= 4 is 12.0 Å². The second kappa shape index (κ2) is 6.44. The molecule has 126 valence electrons. The summed E-state index contributed by atoms with van der Waals surface area (Å²) in [7, 11) is 0. The molecule has 2 unspecified atom stereocenters. The highest BCUT2D eigenvalue weighted by Gasteiger charge is 2.37. The van der Waals surface area contributed by atoms with Crippen molar-refractivity contribution in [1.29, 1.82) is 0 Å². The molecule has 1 saturated heterocycles. The van der Waals surface area contributed by atoms with E-state index in [0.717, 1.165) is 19.3 Å². The van der Waals surface area contributed by atoms with E-state index < -0.39 is 11.6 Å². The van der Waals surface area contributed by atoms with Crippen molar-refractivity contribution in [2.75, 3.05) is 19.6 Å². The highest BCUT2D eigenvalue weighted by molar-refractivity contribution is 5.81. The van der Waals surface area contributed by atoms with E-state index in [9.17, 15) is 9.59 Å². The maximum absolute atomic E-state index is 12.2. The van der Waals surface area contributed by atoms with E-state index in [1.165, 1.54) is 0 Å². The molecule has 1 saturated carbocycles. The molecule has 2 rings (SSSR count). The summed E-state index contributed by atoms with van der Waals surface area (Å²) in [6.45, 7) is 9.40. The average molecular weight is 311 g/mol. The van der Waals surface area contributed by atoms with Gasteiger partial charge in [0.05, 0.1) is 6.04 Å². The zero-order chi connectivity index (χ0) is 16.5. The van der Waals surface area contributed by atoms with Crippen LogP contribution in [0.1, 0.15) is 47.0 Å². The number of rotatable bonds is 4. The number of nitrogens with zero attached hydrogens (tertiary/aromatic N) is 2. The normalized spacial score (nSPS) is 23.3. The topological polar surface area (TPSA) is 75.9 Å². The van der Waals surface area contributed by atoms with Crippen LogP contribution in [0.25, 0.3) is 0 Å². The molecule has 2 atom stereocenters. The van der Waals surface area contributed by atoms with E-state index >= 15 is 0 Å². The zero-order valence-electron chi connectivity index (χ0n) is 14.2. The fourth-order valence-corrected chi connectivity index (χ4v) is 2.82. The Balaban J connectivity index is 1.87. The van der Waals surface area contributed by atoms with Gasteiger partial charge in [0.1, 0.15) is 5.60 Å². The first-order valence-corrected chi connectivity index (χ1v) is 8.21. The molecule has 0 aromatic rings. The van der Waals surface area contributed by atoms with E-state index in [1.54, 1.807) is 11.8 Å². The van der Waals surface area contributed by atoms with Crippen molar-refractivity contribution in [3.05, 3.63) is 0 Å². The first-order chi connectivity index (χ1) is 10.2. The van der Waals surface area contributed by atoms with Crippen LogP contribution in [0.15, 0.2) is 0 Å². The molecule has 0 spiro atoms. The molecule has 0 radical (unpaired) electrons. The van der Waals surface area contributed by atoms with Gasteiger partial charge in [-0.2, -0.15) is 0 Å². The highest BCUT2D eigenvalue weighted by Crippen LogP contribution is 2.30. The third-order valence-electron chi connectivity index (χ3n) is 4.05. The quantitative estimate of drug-likeness (QED) is 0.855. The number of likely N-dealkylation sites (tertiary alicyclic amines) is 1. The van der Waals surface area contributed by atoms with Crippen LogP contribution in [-0.2, 0) is 9.53 Å². The Kier molecular flexibility index (Phi) is 5.00. The van der Waals surface area contributed by atoms with Crippen molar-refractivity contribution in [2.24, 2.45) is 11.7 Å². The zero-order valence-corrected chi connectivity index (χ0v) is 14.2. The van der Waals surface area contributed by atoms with Gasteiger partial charge in [0.2, 0.25) is 5.91 Å². The largest absolute Gasteiger partial charge is 0.444 e. The SMILES string of the molecule is CC(N)C(=O)N(CC1CCN(C(=O)OC(C)(C)C)C1)C1CC1. The summed E-state index contributed by atoms with van der Waals surface area (Å²) in [5.74, 6) is 0.342. The number of amides is 2. The van der Waals surface area contributed by atoms with Gasteiger partial charge in [0.15, 0.2) is 0 Å². The lowest BCUT2D eigenvalue weighted by Gasteiger charge is -2.28. The summed E-state index contributed by atoms with van der Waals surface area (Å²) >= 11 is 0. The van der Waals surface area contributed by atoms with Crippen molar-refractivity contribution in [2.45, 2.75) is 64.6 Å². The molecule has 0 aromatic heterocycles. The average Bonchev–Trinajstić information content (AvgIpc) is 3.11. The van der Waals surface area contributed by atoms with Crippen LogP contribution >= 0.6 is 0 Å². The molecule has 0 bridgehead atoms. The molecule has 1 aliphatic heterocycles. The van der Waals surface area contributed by atoms with Crippen molar-refractivity contribution in [1.82, 2.24) is 9.80 Å². The monoisotopic (exact) mass is 311 g/mol. The van der Waals surface area contributed by atoms with Gasteiger partial charge in [-0.1, -0.05) is 0 Å². The first-order valence-electron chi connectivity index (χ1n) is 8.21. The molecule has 2 N–H and O–H groups in total.